The molecule has 1 amide bonds. The molecule has 0 atom stereocenters. The fraction of sp³-hybridized carbons (Fsp3) is 0.286. The monoisotopic (exact) mass is 259 g/mol. The number of nitrogens with zero attached hydrogens (tertiary/aromatic N) is 2. The molecule has 2 aromatic rings. The third-order valence-electron chi connectivity index (χ3n) is 2.80. The number of rotatable bonds is 5. The van der Waals surface area contributed by atoms with Gasteiger partial charge in [0.2, 0.25) is 5.91 Å². The van der Waals surface area contributed by atoms with Crippen LogP contribution in [0.3, 0.4) is 0 Å². The summed E-state index contributed by atoms with van der Waals surface area (Å²) < 4.78 is 6.90. The second-order valence-electron chi connectivity index (χ2n) is 4.26. The van der Waals surface area contributed by atoms with E-state index in [9.17, 15) is 4.79 Å². The number of carbonyl (C=O) groups excluding carboxylic acids is 1. The molecule has 0 spiro atoms. The summed E-state index contributed by atoms with van der Waals surface area (Å²) >= 11 is 0. The first kappa shape index (κ1) is 13.1. The lowest BCUT2D eigenvalue weighted by atomic mass is 10.1. The van der Waals surface area contributed by atoms with Crippen molar-refractivity contribution in [2.45, 2.75) is 12.8 Å². The molecule has 0 aliphatic carbocycles. The Morgan fingerprint density at radius 3 is 2.89 bits per heavy atom. The minimum absolute atomic E-state index is 0.0288. The molecule has 0 fully saturated rings. The highest BCUT2D eigenvalue weighted by molar-refractivity contribution is 5.90. The Morgan fingerprint density at radius 2 is 2.21 bits per heavy atom. The van der Waals surface area contributed by atoms with E-state index in [1.807, 2.05) is 31.3 Å². The zero-order chi connectivity index (χ0) is 13.7. The van der Waals surface area contributed by atoms with Gasteiger partial charge in [0.25, 0.3) is 0 Å². The minimum Gasteiger partial charge on any atom is -0.496 e. The predicted octanol–water partition coefficient (Wildman–Crippen LogP) is 2.00. The molecule has 0 saturated heterocycles. The lowest BCUT2D eigenvalue weighted by Gasteiger charge is -2.07. The highest BCUT2D eigenvalue weighted by atomic mass is 16.5. The molecule has 19 heavy (non-hydrogen) atoms. The normalized spacial score (nSPS) is 10.2. The third kappa shape index (κ3) is 3.58. The van der Waals surface area contributed by atoms with Crippen LogP contribution in [0.2, 0.25) is 0 Å². The van der Waals surface area contributed by atoms with Crippen LogP contribution in [0.15, 0.2) is 36.7 Å². The van der Waals surface area contributed by atoms with E-state index in [2.05, 4.69) is 10.4 Å². The molecule has 0 saturated carbocycles. The maximum Gasteiger partial charge on any atom is 0.224 e. The molecule has 2 rings (SSSR count). The van der Waals surface area contributed by atoms with Crippen LogP contribution in [-0.2, 0) is 18.3 Å². The molecule has 0 unspecified atom stereocenters. The lowest BCUT2D eigenvalue weighted by Crippen LogP contribution is -2.12. The second-order valence-corrected chi connectivity index (χ2v) is 4.26. The van der Waals surface area contributed by atoms with Crippen LogP contribution in [0, 0.1) is 0 Å². The lowest BCUT2D eigenvalue weighted by molar-refractivity contribution is -0.116. The zero-order valence-electron chi connectivity index (χ0n) is 11.1. The van der Waals surface area contributed by atoms with Gasteiger partial charge in [-0.1, -0.05) is 18.2 Å². The molecule has 1 N–H and O–H groups in total. The van der Waals surface area contributed by atoms with Crippen LogP contribution in [0.5, 0.6) is 5.75 Å². The average Bonchev–Trinajstić information content (AvgIpc) is 2.82. The summed E-state index contributed by atoms with van der Waals surface area (Å²) in [6, 6.07) is 7.72. The van der Waals surface area contributed by atoms with Gasteiger partial charge >= 0.3 is 0 Å². The van der Waals surface area contributed by atoms with E-state index in [1.165, 1.54) is 0 Å². The summed E-state index contributed by atoms with van der Waals surface area (Å²) in [6.07, 6.45) is 4.45. The van der Waals surface area contributed by atoms with Crippen molar-refractivity contribution in [2.75, 3.05) is 12.4 Å². The fourth-order valence-corrected chi connectivity index (χ4v) is 1.87. The Kier molecular flexibility index (Phi) is 4.18. The number of hydrogen-bond donors (Lipinski definition) is 1. The van der Waals surface area contributed by atoms with Gasteiger partial charge in [-0.3, -0.25) is 9.48 Å². The van der Waals surface area contributed by atoms with Gasteiger partial charge in [-0.25, -0.2) is 0 Å². The SMILES string of the molecule is COc1ccccc1CCC(=O)Nc1cnn(C)c1. The van der Waals surface area contributed by atoms with Crippen molar-refractivity contribution >= 4 is 11.6 Å². The largest absolute Gasteiger partial charge is 0.496 e. The summed E-state index contributed by atoms with van der Waals surface area (Å²) in [7, 11) is 3.44. The number of aryl methyl sites for hydroxylation is 2. The molecular formula is C14H17N3O2. The third-order valence-corrected chi connectivity index (χ3v) is 2.80. The van der Waals surface area contributed by atoms with Gasteiger partial charge < -0.3 is 10.1 Å². The Labute approximate surface area is 112 Å². The van der Waals surface area contributed by atoms with Gasteiger partial charge in [0.1, 0.15) is 5.75 Å². The number of anilines is 1. The first-order valence-corrected chi connectivity index (χ1v) is 6.09. The van der Waals surface area contributed by atoms with Crippen LogP contribution >= 0.6 is 0 Å². The number of benzene rings is 1. The topological polar surface area (TPSA) is 56.1 Å². The number of amides is 1. The summed E-state index contributed by atoms with van der Waals surface area (Å²) in [6.45, 7) is 0. The van der Waals surface area contributed by atoms with Gasteiger partial charge in [0, 0.05) is 19.7 Å². The standard InChI is InChI=1S/C14H17N3O2/c1-17-10-12(9-15-17)16-14(18)8-7-11-5-3-4-6-13(11)19-2/h3-6,9-10H,7-8H2,1-2H3,(H,16,18). The van der Waals surface area contributed by atoms with E-state index in [-0.39, 0.29) is 5.91 Å². The first-order valence-electron chi connectivity index (χ1n) is 6.09. The molecule has 0 aliphatic heterocycles. The van der Waals surface area contributed by atoms with Crippen molar-refractivity contribution in [3.05, 3.63) is 42.2 Å². The van der Waals surface area contributed by atoms with Crippen molar-refractivity contribution < 1.29 is 9.53 Å². The van der Waals surface area contributed by atoms with Gasteiger partial charge in [0.15, 0.2) is 0 Å². The molecule has 5 heteroatoms. The number of nitrogens with one attached hydrogen (secondary N) is 1. The molecule has 1 heterocycles. The Bertz CT molecular complexity index is 563. The van der Waals surface area contributed by atoms with Crippen LogP contribution < -0.4 is 10.1 Å². The number of methoxy groups -OCH3 is 1. The van der Waals surface area contributed by atoms with E-state index >= 15 is 0 Å². The number of carbonyl (C=O) groups is 1. The van der Waals surface area contributed by atoms with E-state index < -0.39 is 0 Å². The van der Waals surface area contributed by atoms with Crippen molar-refractivity contribution in [1.29, 1.82) is 0 Å². The summed E-state index contributed by atoms with van der Waals surface area (Å²) in [5.74, 6) is 0.788. The number of aromatic nitrogens is 2. The van der Waals surface area contributed by atoms with Gasteiger partial charge in [0.05, 0.1) is 19.0 Å². The molecule has 0 radical (unpaired) electrons. The number of para-hydroxylation sites is 1. The Hall–Kier alpha value is -2.30. The number of ether oxygens (including phenoxy) is 1. The summed E-state index contributed by atoms with van der Waals surface area (Å²) in [4.78, 5) is 11.8. The van der Waals surface area contributed by atoms with Gasteiger partial charge in [-0.15, -0.1) is 0 Å². The Balaban J connectivity index is 1.89. The molecular weight excluding hydrogens is 242 g/mol. The fourth-order valence-electron chi connectivity index (χ4n) is 1.87. The first-order chi connectivity index (χ1) is 9.19. The van der Waals surface area contributed by atoms with Crippen LogP contribution in [-0.4, -0.2) is 22.8 Å². The van der Waals surface area contributed by atoms with Crippen molar-refractivity contribution in [3.63, 3.8) is 0 Å². The van der Waals surface area contributed by atoms with Crippen LogP contribution in [0.25, 0.3) is 0 Å². The van der Waals surface area contributed by atoms with Gasteiger partial charge in [-0.2, -0.15) is 5.10 Å². The van der Waals surface area contributed by atoms with E-state index in [1.54, 1.807) is 24.2 Å². The van der Waals surface area contributed by atoms with Crippen LogP contribution in [0.1, 0.15) is 12.0 Å². The maximum absolute atomic E-state index is 11.8. The molecule has 1 aromatic carbocycles. The predicted molar refractivity (Wildman–Crippen MR) is 73.2 cm³/mol. The molecule has 0 aliphatic rings. The van der Waals surface area contributed by atoms with E-state index in [0.29, 0.717) is 18.5 Å². The summed E-state index contributed by atoms with van der Waals surface area (Å²) in [5.41, 5.74) is 1.75. The minimum atomic E-state index is -0.0288. The molecule has 100 valence electrons. The van der Waals surface area contributed by atoms with Gasteiger partial charge in [-0.05, 0) is 18.1 Å². The average molecular weight is 259 g/mol. The molecule has 5 nitrogen and oxygen atoms in total. The molecule has 1 aromatic heterocycles. The Morgan fingerprint density at radius 1 is 1.42 bits per heavy atom. The maximum atomic E-state index is 11.8. The van der Waals surface area contributed by atoms with E-state index in [0.717, 1.165) is 11.3 Å². The van der Waals surface area contributed by atoms with Crippen LogP contribution in [0.4, 0.5) is 5.69 Å². The van der Waals surface area contributed by atoms with Crippen molar-refractivity contribution in [3.8, 4) is 5.75 Å². The second kappa shape index (κ2) is 6.04. The smallest absolute Gasteiger partial charge is 0.224 e. The van der Waals surface area contributed by atoms with Crippen molar-refractivity contribution in [2.24, 2.45) is 7.05 Å². The quantitative estimate of drug-likeness (QED) is 0.893. The highest BCUT2D eigenvalue weighted by Crippen LogP contribution is 2.19. The zero-order valence-corrected chi connectivity index (χ0v) is 11.1. The molecule has 0 bridgehead atoms. The van der Waals surface area contributed by atoms with E-state index in [4.69, 9.17) is 4.74 Å². The summed E-state index contributed by atoms with van der Waals surface area (Å²) in [5, 5.41) is 6.80. The number of hydrogen-bond acceptors (Lipinski definition) is 3. The highest BCUT2D eigenvalue weighted by Gasteiger charge is 2.07. The van der Waals surface area contributed by atoms with Crippen molar-refractivity contribution in [1.82, 2.24) is 9.78 Å².